The Kier molecular flexibility index (Phi) is 16.5. The first-order valence-electron chi connectivity index (χ1n) is 8.41. The Morgan fingerprint density at radius 2 is 0.737 bits per heavy atom. The molecule has 110 valence electrons. The van der Waals surface area contributed by atoms with Crippen LogP contribution < -0.4 is 0 Å². The van der Waals surface area contributed by atoms with E-state index < -0.39 is 0 Å². The molecular weight excluding hydrogens is 228 g/mol. The van der Waals surface area contributed by atoms with Gasteiger partial charge in [-0.2, -0.15) is 0 Å². The van der Waals surface area contributed by atoms with Crippen LogP contribution in [0.3, 0.4) is 0 Å². The third-order valence-electron chi connectivity index (χ3n) is 3.37. The van der Waals surface area contributed by atoms with Crippen molar-refractivity contribution in [2.45, 2.75) is 84.5 Å². The van der Waals surface area contributed by atoms with E-state index in [2.05, 4.69) is 13.8 Å². The quantitative estimate of drug-likeness (QED) is 0.512. The van der Waals surface area contributed by atoms with E-state index in [-0.39, 0.29) is 0 Å². The van der Waals surface area contributed by atoms with Gasteiger partial charge in [0.25, 0.3) is 0 Å². The lowest BCUT2D eigenvalue weighted by atomic mass is 10.0. The molecule has 0 amide bonds. The summed E-state index contributed by atoms with van der Waals surface area (Å²) in [4.78, 5) is 0. The van der Waals surface area contributed by atoms with Crippen LogP contribution in [0.4, 0.5) is 0 Å². The standard InChI is InChI=1S/C7H16.C6H12.C6H6/c1-3-5-7-6-4-2;2*1-2-4-6-5-3-1/h3-7H2,1-2H3;1-6H2;1-6H. The van der Waals surface area contributed by atoms with Crippen LogP contribution in [0.2, 0.25) is 0 Å². The predicted molar refractivity (Wildman–Crippen MR) is 88.6 cm³/mol. The minimum Gasteiger partial charge on any atom is -0.0654 e. The van der Waals surface area contributed by atoms with Gasteiger partial charge >= 0.3 is 0 Å². The summed E-state index contributed by atoms with van der Waals surface area (Å²) in [7, 11) is 0. The van der Waals surface area contributed by atoms with Gasteiger partial charge in [0, 0.05) is 0 Å². The van der Waals surface area contributed by atoms with Crippen LogP contribution in [-0.2, 0) is 0 Å². The number of hydrogen-bond acceptors (Lipinski definition) is 0. The third kappa shape index (κ3) is 17.2. The summed E-state index contributed by atoms with van der Waals surface area (Å²) in [5.74, 6) is 0. The SMILES string of the molecule is C1CCCCC1.CCCCCCC.c1ccccc1. The molecule has 0 spiro atoms. The van der Waals surface area contributed by atoms with Gasteiger partial charge in [-0.15, -0.1) is 0 Å². The molecule has 0 aromatic heterocycles. The maximum Gasteiger partial charge on any atom is -0.0533 e. The van der Waals surface area contributed by atoms with Crippen molar-refractivity contribution in [2.75, 3.05) is 0 Å². The molecular formula is C19H34. The van der Waals surface area contributed by atoms with Crippen LogP contribution in [-0.4, -0.2) is 0 Å². The maximum absolute atomic E-state index is 2.25. The Balaban J connectivity index is 0.000000256. The van der Waals surface area contributed by atoms with Gasteiger partial charge in [-0.25, -0.2) is 0 Å². The highest BCUT2D eigenvalue weighted by Gasteiger charge is 1.95. The lowest BCUT2D eigenvalue weighted by Gasteiger charge is -2.05. The average molecular weight is 262 g/mol. The van der Waals surface area contributed by atoms with Gasteiger partial charge < -0.3 is 0 Å². The second-order valence-electron chi connectivity index (χ2n) is 5.34. The van der Waals surface area contributed by atoms with Gasteiger partial charge in [-0.05, 0) is 0 Å². The van der Waals surface area contributed by atoms with Crippen molar-refractivity contribution < 1.29 is 0 Å². The smallest absolute Gasteiger partial charge is 0.0533 e. The summed E-state index contributed by atoms with van der Waals surface area (Å²) in [6.07, 6.45) is 16.0. The molecule has 0 radical (unpaired) electrons. The minimum absolute atomic E-state index is 1.36. The van der Waals surface area contributed by atoms with E-state index in [1.165, 1.54) is 70.6 Å². The molecule has 1 fully saturated rings. The average Bonchev–Trinajstić information content (AvgIpc) is 2.53. The fourth-order valence-corrected chi connectivity index (χ4v) is 2.12. The van der Waals surface area contributed by atoms with Crippen molar-refractivity contribution in [3.05, 3.63) is 36.4 Å². The molecule has 0 saturated heterocycles. The van der Waals surface area contributed by atoms with Gasteiger partial charge in [0.2, 0.25) is 0 Å². The monoisotopic (exact) mass is 262 g/mol. The van der Waals surface area contributed by atoms with Gasteiger partial charge in [-0.1, -0.05) is 121 Å². The van der Waals surface area contributed by atoms with E-state index in [9.17, 15) is 0 Å². The third-order valence-corrected chi connectivity index (χ3v) is 3.37. The van der Waals surface area contributed by atoms with Crippen molar-refractivity contribution in [2.24, 2.45) is 0 Å². The van der Waals surface area contributed by atoms with Crippen molar-refractivity contribution in [1.29, 1.82) is 0 Å². The molecule has 1 aliphatic rings. The first-order chi connectivity index (χ1) is 9.41. The van der Waals surface area contributed by atoms with Gasteiger partial charge in [0.1, 0.15) is 0 Å². The Hall–Kier alpha value is -0.780. The molecule has 1 aromatic rings. The molecule has 0 bridgehead atoms. The van der Waals surface area contributed by atoms with E-state index in [0.29, 0.717) is 0 Å². The molecule has 0 heteroatoms. The van der Waals surface area contributed by atoms with Gasteiger partial charge in [0.05, 0.1) is 0 Å². The normalized spacial score (nSPS) is 13.6. The maximum atomic E-state index is 2.25. The van der Waals surface area contributed by atoms with E-state index in [1.54, 1.807) is 0 Å². The lowest BCUT2D eigenvalue weighted by molar-refractivity contribution is 0.504. The van der Waals surface area contributed by atoms with Crippen LogP contribution in [0.5, 0.6) is 0 Å². The highest BCUT2D eigenvalue weighted by molar-refractivity contribution is 4.99. The first kappa shape index (κ1) is 18.2. The molecule has 0 atom stereocenters. The molecule has 2 rings (SSSR count). The van der Waals surface area contributed by atoms with E-state index >= 15 is 0 Å². The van der Waals surface area contributed by atoms with Crippen LogP contribution in [0, 0.1) is 0 Å². The summed E-state index contributed by atoms with van der Waals surface area (Å²) in [6, 6.07) is 12.0. The molecule has 19 heavy (non-hydrogen) atoms. The number of rotatable bonds is 4. The van der Waals surface area contributed by atoms with Crippen LogP contribution in [0.15, 0.2) is 36.4 Å². The zero-order valence-electron chi connectivity index (χ0n) is 13.2. The summed E-state index contributed by atoms with van der Waals surface area (Å²) < 4.78 is 0. The Labute approximate surface area is 121 Å². The number of benzene rings is 1. The molecule has 0 aliphatic heterocycles. The van der Waals surface area contributed by atoms with Crippen LogP contribution in [0.1, 0.15) is 84.5 Å². The van der Waals surface area contributed by atoms with Gasteiger partial charge in [0.15, 0.2) is 0 Å². The van der Waals surface area contributed by atoms with Crippen molar-refractivity contribution in [1.82, 2.24) is 0 Å². The zero-order chi connectivity index (χ0) is 14.0. The zero-order valence-corrected chi connectivity index (χ0v) is 13.2. The van der Waals surface area contributed by atoms with Crippen molar-refractivity contribution >= 4 is 0 Å². The van der Waals surface area contributed by atoms with Crippen molar-refractivity contribution in [3.63, 3.8) is 0 Å². The van der Waals surface area contributed by atoms with E-state index in [4.69, 9.17) is 0 Å². The Morgan fingerprint density at radius 3 is 0.947 bits per heavy atom. The molecule has 0 unspecified atom stereocenters. The molecule has 1 aromatic carbocycles. The fourth-order valence-electron chi connectivity index (χ4n) is 2.12. The molecule has 1 aliphatic carbocycles. The summed E-state index contributed by atoms with van der Waals surface area (Å²) in [6.45, 7) is 4.49. The summed E-state index contributed by atoms with van der Waals surface area (Å²) in [5.41, 5.74) is 0. The van der Waals surface area contributed by atoms with Crippen LogP contribution in [0.25, 0.3) is 0 Å². The Morgan fingerprint density at radius 1 is 0.474 bits per heavy atom. The molecule has 1 saturated carbocycles. The molecule has 0 heterocycles. The summed E-state index contributed by atoms with van der Waals surface area (Å²) in [5, 5.41) is 0. The topological polar surface area (TPSA) is 0 Å². The first-order valence-corrected chi connectivity index (χ1v) is 8.41. The predicted octanol–water partition coefficient (Wildman–Crippen LogP) is 7.00. The van der Waals surface area contributed by atoms with Crippen molar-refractivity contribution in [3.8, 4) is 0 Å². The second kappa shape index (κ2) is 17.2. The van der Waals surface area contributed by atoms with E-state index in [0.717, 1.165) is 0 Å². The van der Waals surface area contributed by atoms with Crippen LogP contribution >= 0.6 is 0 Å². The molecule has 0 N–H and O–H groups in total. The highest BCUT2D eigenvalue weighted by atomic mass is 14.0. The number of hydrogen-bond donors (Lipinski definition) is 0. The second-order valence-corrected chi connectivity index (χ2v) is 5.34. The van der Waals surface area contributed by atoms with E-state index in [1.807, 2.05) is 36.4 Å². The number of unbranched alkanes of at least 4 members (excludes halogenated alkanes) is 4. The minimum atomic E-state index is 1.36. The molecule has 0 nitrogen and oxygen atoms in total. The fraction of sp³-hybridized carbons (Fsp3) is 0.684. The van der Waals surface area contributed by atoms with Gasteiger partial charge in [-0.3, -0.25) is 0 Å². The highest BCUT2D eigenvalue weighted by Crippen LogP contribution is 2.15. The largest absolute Gasteiger partial charge is 0.0654 e. The summed E-state index contributed by atoms with van der Waals surface area (Å²) >= 11 is 0. The lowest BCUT2D eigenvalue weighted by Crippen LogP contribution is -1.85. The Bertz CT molecular complexity index is 181.